The molecule has 0 aromatic heterocycles. The van der Waals surface area contributed by atoms with Gasteiger partial charge in [-0.2, -0.15) is 0 Å². The number of carbonyl (C=O) groups excluding carboxylic acids is 3. The Morgan fingerprint density at radius 2 is 1.95 bits per heavy atom. The third kappa shape index (κ3) is 4.87. The molecule has 208 valence electrons. The Kier molecular flexibility index (Phi) is 9.27. The highest BCUT2D eigenvalue weighted by atomic mass is 16.6. The zero-order valence-electron chi connectivity index (χ0n) is 23.3. The summed E-state index contributed by atoms with van der Waals surface area (Å²) in [6.07, 6.45) is 7.05. The van der Waals surface area contributed by atoms with E-state index in [4.69, 9.17) is 9.47 Å². The minimum atomic E-state index is -1.14. The van der Waals surface area contributed by atoms with Crippen LogP contribution in [0.4, 0.5) is 0 Å². The molecule has 1 spiro atoms. The van der Waals surface area contributed by atoms with Gasteiger partial charge in [0.25, 0.3) is 0 Å². The maximum atomic E-state index is 14.5. The number of esters is 1. The number of hydrogen-bond acceptors (Lipinski definition) is 6. The lowest BCUT2D eigenvalue weighted by molar-refractivity contribution is -0.163. The molecule has 3 unspecified atom stereocenters. The summed E-state index contributed by atoms with van der Waals surface area (Å²) in [5, 5.41) is 10.4. The molecule has 37 heavy (non-hydrogen) atoms. The van der Waals surface area contributed by atoms with Gasteiger partial charge in [-0.15, -0.1) is 6.58 Å². The Morgan fingerprint density at radius 1 is 1.24 bits per heavy atom. The number of likely N-dealkylation sites (tertiary alicyclic amines) is 1. The summed E-state index contributed by atoms with van der Waals surface area (Å²) in [5.41, 5.74) is -1.99. The second-order valence-electron chi connectivity index (χ2n) is 11.4. The quantitative estimate of drug-likeness (QED) is 0.279. The molecule has 0 saturated carbocycles. The molecule has 3 heterocycles. The Morgan fingerprint density at radius 3 is 2.49 bits per heavy atom. The van der Waals surface area contributed by atoms with E-state index < -0.39 is 41.1 Å². The van der Waals surface area contributed by atoms with Crippen LogP contribution in [0.25, 0.3) is 0 Å². The van der Waals surface area contributed by atoms with E-state index in [2.05, 4.69) is 20.1 Å². The van der Waals surface area contributed by atoms with Crippen molar-refractivity contribution in [3.63, 3.8) is 0 Å². The van der Waals surface area contributed by atoms with Crippen LogP contribution < -0.4 is 0 Å². The van der Waals surface area contributed by atoms with Gasteiger partial charge in [-0.3, -0.25) is 14.4 Å². The molecule has 3 fully saturated rings. The fourth-order valence-corrected chi connectivity index (χ4v) is 7.10. The summed E-state index contributed by atoms with van der Waals surface area (Å²) in [5.74, 6) is -2.43. The smallest absolute Gasteiger partial charge is 0.313 e. The van der Waals surface area contributed by atoms with E-state index in [1.54, 1.807) is 15.9 Å². The van der Waals surface area contributed by atoms with Crippen LogP contribution in [0.5, 0.6) is 0 Å². The minimum Gasteiger partial charge on any atom is -0.461 e. The van der Waals surface area contributed by atoms with Gasteiger partial charge in [-0.05, 0) is 44.9 Å². The van der Waals surface area contributed by atoms with Crippen molar-refractivity contribution in [1.82, 2.24) is 9.80 Å². The average Bonchev–Trinajstić information content (AvgIpc) is 3.47. The molecule has 2 bridgehead atoms. The highest BCUT2D eigenvalue weighted by molar-refractivity contribution is 5.99. The SMILES string of the molecule is C=CCOC(=O)[C@H]1[C@H]2C(=O)N([C@@H](CO)CC(C)C)C(C(=O)N(CC=C)C(C)CCC)C23CC[C@]1(CC)O3. The van der Waals surface area contributed by atoms with E-state index in [1.807, 2.05) is 27.7 Å². The lowest BCUT2D eigenvalue weighted by Gasteiger charge is -2.41. The predicted molar refractivity (Wildman–Crippen MR) is 141 cm³/mol. The van der Waals surface area contributed by atoms with Crippen molar-refractivity contribution in [2.24, 2.45) is 17.8 Å². The van der Waals surface area contributed by atoms with Crippen molar-refractivity contribution in [2.75, 3.05) is 19.8 Å². The summed E-state index contributed by atoms with van der Waals surface area (Å²) in [6, 6.07) is -1.54. The monoisotopic (exact) mass is 518 g/mol. The van der Waals surface area contributed by atoms with E-state index in [0.717, 1.165) is 12.8 Å². The molecule has 1 N–H and O–H groups in total. The molecule has 3 saturated heterocycles. The maximum Gasteiger partial charge on any atom is 0.313 e. The Balaban J connectivity index is 2.16. The second-order valence-corrected chi connectivity index (χ2v) is 11.4. The van der Waals surface area contributed by atoms with Gasteiger partial charge in [-0.1, -0.05) is 52.8 Å². The third-order valence-corrected chi connectivity index (χ3v) is 8.65. The van der Waals surface area contributed by atoms with Crippen molar-refractivity contribution in [3.05, 3.63) is 25.3 Å². The first-order chi connectivity index (χ1) is 17.6. The van der Waals surface area contributed by atoms with Gasteiger partial charge < -0.3 is 24.4 Å². The highest BCUT2D eigenvalue weighted by Gasteiger charge is 2.79. The summed E-state index contributed by atoms with van der Waals surface area (Å²) >= 11 is 0. The van der Waals surface area contributed by atoms with Gasteiger partial charge in [0.05, 0.1) is 24.2 Å². The van der Waals surface area contributed by atoms with Gasteiger partial charge in [0.15, 0.2) is 0 Å². The number of nitrogens with zero attached hydrogens (tertiary/aromatic N) is 2. The molecular weight excluding hydrogens is 472 g/mol. The molecule has 8 nitrogen and oxygen atoms in total. The number of carbonyl (C=O) groups is 3. The fraction of sp³-hybridized carbons (Fsp3) is 0.759. The topological polar surface area (TPSA) is 96.4 Å². The van der Waals surface area contributed by atoms with Gasteiger partial charge in [0.2, 0.25) is 11.8 Å². The van der Waals surface area contributed by atoms with Crippen LogP contribution in [0.2, 0.25) is 0 Å². The van der Waals surface area contributed by atoms with E-state index in [-0.39, 0.29) is 37.0 Å². The van der Waals surface area contributed by atoms with E-state index in [9.17, 15) is 19.5 Å². The van der Waals surface area contributed by atoms with E-state index in [0.29, 0.717) is 32.2 Å². The molecule has 0 aromatic rings. The summed E-state index contributed by atoms with van der Waals surface area (Å²) in [4.78, 5) is 45.5. The van der Waals surface area contributed by atoms with Crippen molar-refractivity contribution in [3.8, 4) is 0 Å². The number of fused-ring (bicyclic) bond motifs is 1. The lowest BCUT2D eigenvalue weighted by Crippen LogP contribution is -2.60. The fourth-order valence-electron chi connectivity index (χ4n) is 7.10. The Bertz CT molecular complexity index is 890. The number of ether oxygens (including phenoxy) is 2. The zero-order chi connectivity index (χ0) is 27.5. The van der Waals surface area contributed by atoms with Gasteiger partial charge in [0, 0.05) is 12.6 Å². The summed E-state index contributed by atoms with van der Waals surface area (Å²) in [7, 11) is 0. The molecule has 7 atom stereocenters. The van der Waals surface area contributed by atoms with E-state index >= 15 is 0 Å². The second kappa shape index (κ2) is 11.7. The molecule has 0 radical (unpaired) electrons. The first kappa shape index (κ1) is 29.4. The van der Waals surface area contributed by atoms with Crippen LogP contribution in [-0.4, -0.2) is 81.8 Å². The first-order valence-electron chi connectivity index (χ1n) is 13.9. The molecule has 8 heteroatoms. The van der Waals surface area contributed by atoms with Crippen LogP contribution in [0, 0.1) is 17.8 Å². The largest absolute Gasteiger partial charge is 0.461 e. The molecule has 0 aliphatic carbocycles. The van der Waals surface area contributed by atoms with E-state index in [1.165, 1.54) is 6.08 Å². The van der Waals surface area contributed by atoms with Gasteiger partial charge >= 0.3 is 5.97 Å². The molecule has 2 amide bonds. The standard InChI is InChI=1S/C29H46N2O6/c1-8-12-20(7)30(15-9-2)26(34)24-29-14-13-28(11-4,37-29)23(27(35)36-16-10-3)22(29)25(33)31(24)21(18-32)17-19(5)6/h9-10,19-24,32H,2-3,8,11-18H2,1,4-7H3/t20?,21-,22+,23-,24?,28+,29?/m1/s1. The third-order valence-electron chi connectivity index (χ3n) is 8.65. The Labute approximate surface area is 222 Å². The number of amides is 2. The molecule has 3 aliphatic heterocycles. The number of rotatable bonds is 14. The van der Waals surface area contributed by atoms with Crippen molar-refractivity contribution in [2.45, 2.75) is 102 Å². The normalized spacial score (nSPS) is 31.8. The van der Waals surface area contributed by atoms with Crippen molar-refractivity contribution >= 4 is 17.8 Å². The number of hydrogen-bond donors (Lipinski definition) is 1. The summed E-state index contributed by atoms with van der Waals surface area (Å²) in [6.45, 7) is 17.7. The van der Waals surface area contributed by atoms with Crippen LogP contribution in [-0.2, 0) is 23.9 Å². The number of aliphatic hydroxyl groups is 1. The summed E-state index contributed by atoms with van der Waals surface area (Å²) < 4.78 is 12.3. The van der Waals surface area contributed by atoms with Crippen LogP contribution in [0.1, 0.15) is 73.1 Å². The average molecular weight is 519 g/mol. The molecule has 0 aromatic carbocycles. The molecule has 3 aliphatic rings. The Hall–Kier alpha value is -2.19. The zero-order valence-corrected chi connectivity index (χ0v) is 23.3. The van der Waals surface area contributed by atoms with Crippen LogP contribution >= 0.6 is 0 Å². The van der Waals surface area contributed by atoms with Crippen molar-refractivity contribution in [1.29, 1.82) is 0 Å². The first-order valence-corrected chi connectivity index (χ1v) is 13.9. The minimum absolute atomic E-state index is 0.0450. The molecular formula is C29H46N2O6. The highest BCUT2D eigenvalue weighted by Crippen LogP contribution is 2.65. The van der Waals surface area contributed by atoms with Crippen LogP contribution in [0.15, 0.2) is 25.3 Å². The predicted octanol–water partition coefficient (Wildman–Crippen LogP) is 3.48. The lowest BCUT2D eigenvalue weighted by atomic mass is 9.65. The van der Waals surface area contributed by atoms with Gasteiger partial charge in [0.1, 0.15) is 24.2 Å². The number of aliphatic hydroxyl groups excluding tert-OH is 1. The maximum absolute atomic E-state index is 14.5. The van der Waals surface area contributed by atoms with Gasteiger partial charge in [-0.25, -0.2) is 0 Å². The van der Waals surface area contributed by atoms with Crippen LogP contribution in [0.3, 0.4) is 0 Å². The molecule has 3 rings (SSSR count). The van der Waals surface area contributed by atoms with Crippen molar-refractivity contribution < 1.29 is 29.0 Å².